The number of amides is 1. The van der Waals surface area contributed by atoms with Crippen LogP contribution in [0.25, 0.3) is 21.3 Å². The Bertz CT molecular complexity index is 1340. The number of nitrogens with zero attached hydrogens (tertiary/aromatic N) is 2. The van der Waals surface area contributed by atoms with E-state index in [1.807, 2.05) is 56.3 Å². The van der Waals surface area contributed by atoms with Crippen LogP contribution < -0.4 is 10.9 Å². The third-order valence-electron chi connectivity index (χ3n) is 5.18. The smallest absolute Gasteiger partial charge is 0.263 e. The van der Waals surface area contributed by atoms with Crippen LogP contribution in [0.3, 0.4) is 0 Å². The van der Waals surface area contributed by atoms with Gasteiger partial charge in [-0.1, -0.05) is 52.7 Å². The van der Waals surface area contributed by atoms with Gasteiger partial charge in [-0.05, 0) is 49.6 Å². The van der Waals surface area contributed by atoms with Crippen LogP contribution in [0.2, 0.25) is 0 Å². The van der Waals surface area contributed by atoms with Gasteiger partial charge in [-0.25, -0.2) is 4.98 Å². The van der Waals surface area contributed by atoms with Crippen LogP contribution in [-0.2, 0) is 17.8 Å². The molecular weight excluding hydrogens is 474 g/mol. The van der Waals surface area contributed by atoms with Gasteiger partial charge in [-0.2, -0.15) is 0 Å². The quantitative estimate of drug-likeness (QED) is 0.385. The largest absolute Gasteiger partial charge is 0.324 e. The van der Waals surface area contributed by atoms with Crippen LogP contribution in [0.15, 0.2) is 58.1 Å². The van der Waals surface area contributed by atoms with Crippen molar-refractivity contribution in [3.8, 4) is 11.1 Å². The van der Waals surface area contributed by atoms with Crippen molar-refractivity contribution in [3.05, 3.63) is 79.6 Å². The maximum atomic E-state index is 13.4. The summed E-state index contributed by atoms with van der Waals surface area (Å²) in [5.41, 5.74) is 4.55. The molecule has 7 heteroatoms. The molecule has 5 nitrogen and oxygen atoms in total. The molecule has 0 bridgehead atoms. The molecule has 2 aromatic heterocycles. The Morgan fingerprint density at radius 3 is 2.58 bits per heavy atom. The normalized spacial score (nSPS) is 11.1. The molecule has 2 aromatic carbocycles. The molecule has 1 amide bonds. The van der Waals surface area contributed by atoms with Gasteiger partial charge in [0.25, 0.3) is 5.56 Å². The van der Waals surface area contributed by atoms with Crippen molar-refractivity contribution in [2.45, 2.75) is 33.7 Å². The fourth-order valence-electron chi connectivity index (χ4n) is 3.65. The first-order valence-electron chi connectivity index (χ1n) is 10.0. The van der Waals surface area contributed by atoms with Gasteiger partial charge in [-0.15, -0.1) is 11.3 Å². The van der Waals surface area contributed by atoms with E-state index in [-0.39, 0.29) is 18.0 Å². The van der Waals surface area contributed by atoms with E-state index < -0.39 is 0 Å². The number of rotatable bonds is 5. The molecule has 4 rings (SSSR count). The van der Waals surface area contributed by atoms with Crippen LogP contribution in [0.1, 0.15) is 22.9 Å². The second-order valence-electron chi connectivity index (χ2n) is 7.49. The number of aromatic nitrogens is 2. The number of halogens is 1. The molecule has 2 heterocycles. The number of aryl methyl sites for hydroxylation is 3. The standard InChI is InChI=1S/C24H22BrN3O2S/c1-4-19-21(16-6-8-17(25)9-7-16)22-23(31-19)26-13-28(24(22)30)12-20(29)27-18-10-5-14(2)11-15(18)3/h5-11,13H,4,12H2,1-3H3,(H,27,29). The Morgan fingerprint density at radius 1 is 1.16 bits per heavy atom. The number of hydrogen-bond acceptors (Lipinski definition) is 4. The highest BCUT2D eigenvalue weighted by Gasteiger charge is 2.19. The van der Waals surface area contributed by atoms with Crippen molar-refractivity contribution in [2.75, 3.05) is 5.32 Å². The molecule has 4 aromatic rings. The average molecular weight is 496 g/mol. The first kappa shape index (κ1) is 21.5. The molecule has 0 unspecified atom stereocenters. The van der Waals surface area contributed by atoms with Crippen LogP contribution in [0.4, 0.5) is 5.69 Å². The van der Waals surface area contributed by atoms with Gasteiger partial charge in [0.2, 0.25) is 5.91 Å². The minimum absolute atomic E-state index is 0.0911. The molecule has 0 atom stereocenters. The van der Waals surface area contributed by atoms with Gasteiger partial charge < -0.3 is 5.32 Å². The second kappa shape index (κ2) is 8.77. The summed E-state index contributed by atoms with van der Waals surface area (Å²) < 4.78 is 2.36. The van der Waals surface area contributed by atoms with Gasteiger partial charge in [0.05, 0.1) is 11.7 Å². The summed E-state index contributed by atoms with van der Waals surface area (Å²) in [7, 11) is 0. The zero-order valence-electron chi connectivity index (χ0n) is 17.5. The Hall–Kier alpha value is -2.77. The zero-order chi connectivity index (χ0) is 22.1. The maximum absolute atomic E-state index is 13.4. The third-order valence-corrected chi connectivity index (χ3v) is 6.95. The van der Waals surface area contributed by atoms with E-state index in [2.05, 4.69) is 33.2 Å². The molecule has 0 saturated carbocycles. The summed E-state index contributed by atoms with van der Waals surface area (Å²) in [6, 6.07) is 13.8. The van der Waals surface area contributed by atoms with Gasteiger partial charge in [-0.3, -0.25) is 14.2 Å². The van der Waals surface area contributed by atoms with Gasteiger partial charge in [0.15, 0.2) is 0 Å². The Labute approximate surface area is 192 Å². The Kier molecular flexibility index (Phi) is 6.07. The summed E-state index contributed by atoms with van der Waals surface area (Å²) >= 11 is 5.00. The van der Waals surface area contributed by atoms with Crippen molar-refractivity contribution >= 4 is 49.1 Å². The van der Waals surface area contributed by atoms with Crippen LogP contribution in [0.5, 0.6) is 0 Å². The monoisotopic (exact) mass is 495 g/mol. The third kappa shape index (κ3) is 4.34. The minimum atomic E-state index is -0.258. The van der Waals surface area contributed by atoms with Crippen molar-refractivity contribution in [3.63, 3.8) is 0 Å². The highest BCUT2D eigenvalue weighted by Crippen LogP contribution is 2.36. The molecule has 31 heavy (non-hydrogen) atoms. The lowest BCUT2D eigenvalue weighted by molar-refractivity contribution is -0.116. The van der Waals surface area contributed by atoms with Crippen molar-refractivity contribution in [1.29, 1.82) is 0 Å². The summed E-state index contributed by atoms with van der Waals surface area (Å²) in [5.74, 6) is -0.258. The summed E-state index contributed by atoms with van der Waals surface area (Å²) in [5, 5.41) is 3.48. The maximum Gasteiger partial charge on any atom is 0.263 e. The molecule has 158 valence electrons. The van der Waals surface area contributed by atoms with E-state index in [9.17, 15) is 9.59 Å². The topological polar surface area (TPSA) is 64.0 Å². The molecule has 0 aliphatic carbocycles. The van der Waals surface area contributed by atoms with E-state index in [1.54, 1.807) is 0 Å². The van der Waals surface area contributed by atoms with Gasteiger partial charge in [0.1, 0.15) is 11.4 Å². The fourth-order valence-corrected chi connectivity index (χ4v) is 5.01. The number of carbonyl (C=O) groups excluding carboxylic acids is 1. The summed E-state index contributed by atoms with van der Waals surface area (Å²) in [4.78, 5) is 32.3. The first-order chi connectivity index (χ1) is 14.9. The number of thiophene rings is 1. The van der Waals surface area contributed by atoms with Gasteiger partial charge >= 0.3 is 0 Å². The van der Waals surface area contributed by atoms with E-state index >= 15 is 0 Å². The first-order valence-corrected chi connectivity index (χ1v) is 11.6. The molecule has 0 aliphatic rings. The molecule has 0 radical (unpaired) electrons. The SMILES string of the molecule is CCc1sc2ncn(CC(=O)Nc3ccc(C)cc3C)c(=O)c2c1-c1ccc(Br)cc1. The van der Waals surface area contributed by atoms with E-state index in [0.29, 0.717) is 10.2 Å². The van der Waals surface area contributed by atoms with Crippen molar-refractivity contribution < 1.29 is 4.79 Å². The highest BCUT2D eigenvalue weighted by molar-refractivity contribution is 9.10. The molecule has 0 fully saturated rings. The molecule has 0 spiro atoms. The summed E-state index contributed by atoms with van der Waals surface area (Å²) in [6.45, 7) is 5.94. The lowest BCUT2D eigenvalue weighted by Gasteiger charge is -2.10. The zero-order valence-corrected chi connectivity index (χ0v) is 19.9. The number of fused-ring (bicyclic) bond motifs is 1. The van der Waals surface area contributed by atoms with Gasteiger partial charge in [0, 0.05) is 20.6 Å². The second-order valence-corrected chi connectivity index (χ2v) is 9.48. The van der Waals surface area contributed by atoms with Crippen LogP contribution >= 0.6 is 27.3 Å². The average Bonchev–Trinajstić information content (AvgIpc) is 3.12. The van der Waals surface area contributed by atoms with E-state index in [0.717, 1.165) is 43.7 Å². The van der Waals surface area contributed by atoms with E-state index in [4.69, 9.17) is 0 Å². The molecule has 1 N–H and O–H groups in total. The fraction of sp³-hybridized carbons (Fsp3) is 0.208. The Morgan fingerprint density at radius 2 is 1.90 bits per heavy atom. The van der Waals surface area contributed by atoms with Crippen molar-refractivity contribution in [1.82, 2.24) is 9.55 Å². The summed E-state index contributed by atoms with van der Waals surface area (Å²) in [6.07, 6.45) is 2.27. The minimum Gasteiger partial charge on any atom is -0.324 e. The molecular formula is C24H22BrN3O2S. The number of carbonyl (C=O) groups is 1. The predicted octanol–water partition coefficient (Wildman–Crippen LogP) is 5.71. The molecule has 0 saturated heterocycles. The van der Waals surface area contributed by atoms with Crippen molar-refractivity contribution in [2.24, 2.45) is 0 Å². The molecule has 0 aliphatic heterocycles. The number of benzene rings is 2. The number of anilines is 1. The predicted molar refractivity (Wildman–Crippen MR) is 131 cm³/mol. The lowest BCUT2D eigenvalue weighted by atomic mass is 10.0. The lowest BCUT2D eigenvalue weighted by Crippen LogP contribution is -2.28. The van der Waals surface area contributed by atoms with Crippen LogP contribution in [0, 0.1) is 13.8 Å². The van der Waals surface area contributed by atoms with E-state index in [1.165, 1.54) is 22.2 Å². The number of nitrogens with one attached hydrogen (secondary N) is 1. The van der Waals surface area contributed by atoms with Crippen LogP contribution in [-0.4, -0.2) is 15.5 Å². The number of hydrogen-bond donors (Lipinski definition) is 1. The Balaban J connectivity index is 1.72. The highest BCUT2D eigenvalue weighted by atomic mass is 79.9.